The Bertz CT molecular complexity index is 601. The first-order valence-corrected chi connectivity index (χ1v) is 6.92. The zero-order valence-corrected chi connectivity index (χ0v) is 12.8. The van der Waals surface area contributed by atoms with Crippen molar-refractivity contribution in [1.29, 1.82) is 0 Å². The third-order valence-electron chi connectivity index (χ3n) is 2.26. The van der Waals surface area contributed by atoms with Gasteiger partial charge in [0.25, 0.3) is 5.91 Å². The molecule has 2 rings (SSSR count). The van der Waals surface area contributed by atoms with Crippen molar-refractivity contribution in [3.63, 3.8) is 0 Å². The molecule has 0 saturated carbocycles. The molecule has 0 radical (unpaired) electrons. The molecule has 0 saturated heterocycles. The van der Waals surface area contributed by atoms with E-state index in [4.69, 9.17) is 23.2 Å². The van der Waals surface area contributed by atoms with Crippen LogP contribution in [0.1, 0.15) is 10.4 Å². The minimum absolute atomic E-state index is 0.210. The Labute approximate surface area is 128 Å². The Morgan fingerprint density at radius 1 is 1.11 bits per heavy atom. The Hall–Kier alpha value is -0.780. The van der Waals surface area contributed by atoms with Gasteiger partial charge in [0.2, 0.25) is 0 Å². The van der Waals surface area contributed by atoms with E-state index in [0.717, 1.165) is 3.57 Å². The number of rotatable bonds is 2. The fraction of sp³-hybridized carbons (Fsp3) is 0. The maximum Gasteiger partial charge on any atom is 0.255 e. The molecule has 5 heteroatoms. The van der Waals surface area contributed by atoms with Gasteiger partial charge in [-0.15, -0.1) is 0 Å². The van der Waals surface area contributed by atoms with Crippen LogP contribution in [0, 0.1) is 3.57 Å². The van der Waals surface area contributed by atoms with Crippen molar-refractivity contribution < 1.29 is 4.79 Å². The van der Waals surface area contributed by atoms with Crippen molar-refractivity contribution >= 4 is 57.4 Å². The van der Waals surface area contributed by atoms with Gasteiger partial charge in [0, 0.05) is 14.2 Å². The zero-order valence-electron chi connectivity index (χ0n) is 9.08. The Morgan fingerprint density at radius 3 is 2.61 bits per heavy atom. The molecule has 0 bridgehead atoms. The van der Waals surface area contributed by atoms with Crippen LogP contribution in [-0.2, 0) is 0 Å². The van der Waals surface area contributed by atoms with Crippen molar-refractivity contribution in [2.24, 2.45) is 0 Å². The first kappa shape index (κ1) is 13.6. The second kappa shape index (κ2) is 5.91. The van der Waals surface area contributed by atoms with Crippen LogP contribution >= 0.6 is 45.8 Å². The normalized spacial score (nSPS) is 10.2. The van der Waals surface area contributed by atoms with E-state index < -0.39 is 0 Å². The number of amides is 1. The number of anilines is 1. The van der Waals surface area contributed by atoms with Crippen LogP contribution in [0.2, 0.25) is 10.0 Å². The standard InChI is InChI=1S/C13H8Cl2INO/c14-9-4-5-11(15)12(7-9)17-13(18)8-2-1-3-10(16)6-8/h1-7H,(H,17,18). The lowest BCUT2D eigenvalue weighted by Gasteiger charge is -2.07. The number of nitrogens with one attached hydrogen (secondary N) is 1. The van der Waals surface area contributed by atoms with Crippen LogP contribution in [0.3, 0.4) is 0 Å². The smallest absolute Gasteiger partial charge is 0.255 e. The average molecular weight is 392 g/mol. The maximum atomic E-state index is 12.0. The summed E-state index contributed by atoms with van der Waals surface area (Å²) >= 11 is 14.0. The molecule has 0 atom stereocenters. The average Bonchev–Trinajstić information content (AvgIpc) is 2.34. The van der Waals surface area contributed by atoms with Gasteiger partial charge >= 0.3 is 0 Å². The van der Waals surface area contributed by atoms with Gasteiger partial charge in [0.05, 0.1) is 10.7 Å². The van der Waals surface area contributed by atoms with Gasteiger partial charge in [0.1, 0.15) is 0 Å². The fourth-order valence-corrected chi connectivity index (χ4v) is 2.30. The van der Waals surface area contributed by atoms with Crippen LogP contribution in [0.15, 0.2) is 42.5 Å². The predicted octanol–water partition coefficient (Wildman–Crippen LogP) is 4.85. The van der Waals surface area contributed by atoms with Crippen LogP contribution < -0.4 is 5.32 Å². The Morgan fingerprint density at radius 2 is 1.89 bits per heavy atom. The number of carbonyl (C=O) groups excluding carboxylic acids is 1. The topological polar surface area (TPSA) is 29.1 Å². The minimum Gasteiger partial charge on any atom is -0.321 e. The highest BCUT2D eigenvalue weighted by molar-refractivity contribution is 14.1. The number of carbonyl (C=O) groups is 1. The summed E-state index contributed by atoms with van der Waals surface area (Å²) in [5.41, 5.74) is 1.09. The summed E-state index contributed by atoms with van der Waals surface area (Å²) in [7, 11) is 0. The van der Waals surface area contributed by atoms with E-state index in [2.05, 4.69) is 27.9 Å². The van der Waals surface area contributed by atoms with Crippen molar-refractivity contribution in [2.45, 2.75) is 0 Å². The highest BCUT2D eigenvalue weighted by Gasteiger charge is 2.09. The molecule has 0 heterocycles. The summed E-state index contributed by atoms with van der Waals surface area (Å²) in [6, 6.07) is 12.2. The molecule has 0 spiro atoms. The minimum atomic E-state index is -0.210. The van der Waals surface area contributed by atoms with E-state index in [1.54, 1.807) is 30.3 Å². The molecule has 0 aliphatic carbocycles. The highest BCUT2D eigenvalue weighted by atomic mass is 127. The highest BCUT2D eigenvalue weighted by Crippen LogP contribution is 2.25. The molecular formula is C13H8Cl2INO. The molecule has 18 heavy (non-hydrogen) atoms. The van der Waals surface area contributed by atoms with Crippen LogP contribution in [-0.4, -0.2) is 5.91 Å². The van der Waals surface area contributed by atoms with Crippen LogP contribution in [0.25, 0.3) is 0 Å². The Balaban J connectivity index is 2.24. The predicted molar refractivity (Wildman–Crippen MR) is 83.6 cm³/mol. The summed E-state index contributed by atoms with van der Waals surface area (Å²) in [5, 5.41) is 3.72. The molecule has 0 aromatic heterocycles. The van der Waals surface area contributed by atoms with Crippen molar-refractivity contribution in [3.05, 3.63) is 61.6 Å². The molecular weight excluding hydrogens is 384 g/mol. The molecule has 0 aliphatic rings. The van der Waals surface area contributed by atoms with Crippen LogP contribution in [0.4, 0.5) is 5.69 Å². The van der Waals surface area contributed by atoms with Gasteiger partial charge in [-0.25, -0.2) is 0 Å². The molecule has 2 nitrogen and oxygen atoms in total. The number of halogens is 3. The fourth-order valence-electron chi connectivity index (χ4n) is 1.42. The van der Waals surface area contributed by atoms with E-state index >= 15 is 0 Å². The van der Waals surface area contributed by atoms with E-state index in [1.165, 1.54) is 0 Å². The number of benzene rings is 2. The van der Waals surface area contributed by atoms with Gasteiger partial charge in [-0.05, 0) is 59.0 Å². The van der Waals surface area contributed by atoms with Gasteiger partial charge in [-0.2, -0.15) is 0 Å². The van der Waals surface area contributed by atoms with Gasteiger partial charge in [-0.3, -0.25) is 4.79 Å². The quantitative estimate of drug-likeness (QED) is 0.728. The lowest BCUT2D eigenvalue weighted by molar-refractivity contribution is 0.102. The molecule has 0 fully saturated rings. The summed E-state index contributed by atoms with van der Waals surface area (Å²) in [5.74, 6) is -0.210. The first-order chi connectivity index (χ1) is 8.56. The van der Waals surface area contributed by atoms with E-state index in [1.807, 2.05) is 12.1 Å². The summed E-state index contributed by atoms with van der Waals surface area (Å²) in [6.45, 7) is 0. The summed E-state index contributed by atoms with van der Waals surface area (Å²) in [6.07, 6.45) is 0. The van der Waals surface area contributed by atoms with Crippen molar-refractivity contribution in [3.8, 4) is 0 Å². The Kier molecular flexibility index (Phi) is 4.48. The van der Waals surface area contributed by atoms with Crippen LogP contribution in [0.5, 0.6) is 0 Å². The lowest BCUT2D eigenvalue weighted by atomic mass is 10.2. The first-order valence-electron chi connectivity index (χ1n) is 5.08. The lowest BCUT2D eigenvalue weighted by Crippen LogP contribution is -2.12. The van der Waals surface area contributed by atoms with E-state index in [0.29, 0.717) is 21.3 Å². The third kappa shape index (κ3) is 3.37. The molecule has 0 aliphatic heterocycles. The van der Waals surface area contributed by atoms with Gasteiger partial charge in [0.15, 0.2) is 0 Å². The van der Waals surface area contributed by atoms with Gasteiger partial charge < -0.3 is 5.32 Å². The summed E-state index contributed by atoms with van der Waals surface area (Å²) < 4.78 is 0.998. The molecule has 0 unspecified atom stereocenters. The largest absolute Gasteiger partial charge is 0.321 e. The van der Waals surface area contributed by atoms with Crippen molar-refractivity contribution in [1.82, 2.24) is 0 Å². The number of hydrogen-bond donors (Lipinski definition) is 1. The SMILES string of the molecule is O=C(Nc1cc(Cl)ccc1Cl)c1cccc(I)c1. The summed E-state index contributed by atoms with van der Waals surface area (Å²) in [4.78, 5) is 12.0. The van der Waals surface area contributed by atoms with Crippen molar-refractivity contribution in [2.75, 3.05) is 5.32 Å². The second-order valence-electron chi connectivity index (χ2n) is 3.59. The zero-order chi connectivity index (χ0) is 13.1. The monoisotopic (exact) mass is 391 g/mol. The molecule has 2 aromatic carbocycles. The molecule has 1 amide bonds. The maximum absolute atomic E-state index is 12.0. The number of hydrogen-bond acceptors (Lipinski definition) is 1. The van der Waals surface area contributed by atoms with E-state index in [-0.39, 0.29) is 5.91 Å². The van der Waals surface area contributed by atoms with E-state index in [9.17, 15) is 4.79 Å². The third-order valence-corrected chi connectivity index (χ3v) is 3.50. The molecule has 1 N–H and O–H groups in total. The second-order valence-corrected chi connectivity index (χ2v) is 5.68. The molecule has 92 valence electrons. The van der Waals surface area contributed by atoms with Gasteiger partial charge in [-0.1, -0.05) is 29.3 Å². The molecule has 2 aromatic rings.